The summed E-state index contributed by atoms with van der Waals surface area (Å²) in [7, 11) is 0. The number of thiazole rings is 1. The Labute approximate surface area is 245 Å². The SMILES string of the molecule is CCCC1(C(=O)O)CCN(c2ncc(-c3cc(-c4ncnc5[nH]ccc45)c4sc(NC(=O)NCC)nc4c3)cn2)CC1. The fraction of sp³-hybridized carbons (Fsp3) is 0.345. The highest BCUT2D eigenvalue weighted by Crippen LogP contribution is 2.40. The summed E-state index contributed by atoms with van der Waals surface area (Å²) in [6, 6.07) is 5.62. The van der Waals surface area contributed by atoms with Crippen molar-refractivity contribution in [3.05, 3.63) is 43.1 Å². The molecule has 1 aliphatic rings. The van der Waals surface area contributed by atoms with Crippen LogP contribution in [0, 0.1) is 5.41 Å². The predicted molar refractivity (Wildman–Crippen MR) is 163 cm³/mol. The smallest absolute Gasteiger partial charge is 0.321 e. The molecule has 1 aliphatic heterocycles. The number of rotatable bonds is 8. The third-order valence-electron chi connectivity index (χ3n) is 7.81. The molecule has 13 heteroatoms. The summed E-state index contributed by atoms with van der Waals surface area (Å²) in [6.07, 6.45) is 9.59. The van der Waals surface area contributed by atoms with Gasteiger partial charge in [-0.1, -0.05) is 24.7 Å². The van der Waals surface area contributed by atoms with E-state index in [1.54, 1.807) is 12.4 Å². The molecule has 6 rings (SSSR count). The Hall–Kier alpha value is -4.65. The van der Waals surface area contributed by atoms with Gasteiger partial charge in [0, 0.05) is 54.7 Å². The van der Waals surface area contributed by atoms with E-state index in [4.69, 9.17) is 4.98 Å². The van der Waals surface area contributed by atoms with Crippen LogP contribution in [0.4, 0.5) is 15.9 Å². The standard InChI is InChI=1S/C29H31N9O3S/c1-3-6-29(25(39)40)7-10-38(11-8-29)26-32-14-18(15-33-26)17-12-20(22-19-5-9-31-24(19)35-16-34-22)23-21(13-17)36-28(42-23)37-27(41)30-4-2/h5,9,12-16H,3-4,6-8,10-11H2,1-2H3,(H,39,40)(H,31,34,35)(H2,30,36,37,41). The molecule has 4 N–H and O–H groups in total. The van der Waals surface area contributed by atoms with Crippen molar-refractivity contribution in [2.45, 2.75) is 39.5 Å². The van der Waals surface area contributed by atoms with E-state index in [1.807, 2.05) is 38.2 Å². The zero-order valence-electron chi connectivity index (χ0n) is 23.3. The number of urea groups is 1. The normalized spacial score (nSPS) is 14.8. The van der Waals surface area contributed by atoms with Gasteiger partial charge in [0.15, 0.2) is 5.13 Å². The van der Waals surface area contributed by atoms with Crippen molar-refractivity contribution in [2.75, 3.05) is 29.9 Å². The number of amides is 2. The lowest BCUT2D eigenvalue weighted by Gasteiger charge is -2.38. The third-order valence-corrected chi connectivity index (χ3v) is 8.83. The Morgan fingerprint density at radius 2 is 1.88 bits per heavy atom. The van der Waals surface area contributed by atoms with Crippen molar-refractivity contribution in [1.29, 1.82) is 0 Å². The lowest BCUT2D eigenvalue weighted by atomic mass is 9.75. The number of nitrogens with zero attached hydrogens (tertiary/aromatic N) is 6. The van der Waals surface area contributed by atoms with Crippen LogP contribution >= 0.6 is 11.3 Å². The Bertz CT molecular complexity index is 1760. The molecule has 0 atom stereocenters. The van der Waals surface area contributed by atoms with E-state index >= 15 is 0 Å². The minimum Gasteiger partial charge on any atom is -0.481 e. The average Bonchev–Trinajstić information content (AvgIpc) is 3.64. The van der Waals surface area contributed by atoms with Gasteiger partial charge in [-0.2, -0.15) is 0 Å². The van der Waals surface area contributed by atoms with Gasteiger partial charge in [0.2, 0.25) is 5.95 Å². The summed E-state index contributed by atoms with van der Waals surface area (Å²) in [5.41, 5.74) is 4.04. The zero-order chi connectivity index (χ0) is 29.3. The van der Waals surface area contributed by atoms with E-state index in [9.17, 15) is 14.7 Å². The summed E-state index contributed by atoms with van der Waals surface area (Å²) < 4.78 is 0.881. The molecule has 4 aromatic heterocycles. The number of hydrogen-bond acceptors (Lipinski definition) is 9. The molecule has 0 aliphatic carbocycles. The van der Waals surface area contributed by atoms with Crippen LogP contribution in [0.1, 0.15) is 39.5 Å². The van der Waals surface area contributed by atoms with Crippen molar-refractivity contribution in [2.24, 2.45) is 5.41 Å². The molecule has 12 nitrogen and oxygen atoms in total. The first-order valence-corrected chi connectivity index (χ1v) is 14.8. The van der Waals surface area contributed by atoms with E-state index in [1.165, 1.54) is 17.7 Å². The summed E-state index contributed by atoms with van der Waals surface area (Å²) in [5, 5.41) is 16.8. The van der Waals surface area contributed by atoms with E-state index < -0.39 is 11.4 Å². The fourth-order valence-corrected chi connectivity index (χ4v) is 6.59. The molecule has 1 fully saturated rings. The largest absolute Gasteiger partial charge is 0.481 e. The van der Waals surface area contributed by atoms with Gasteiger partial charge in [0.1, 0.15) is 12.0 Å². The van der Waals surface area contributed by atoms with Crippen LogP contribution in [0.3, 0.4) is 0 Å². The maximum Gasteiger partial charge on any atom is 0.321 e. The van der Waals surface area contributed by atoms with E-state index in [-0.39, 0.29) is 6.03 Å². The molecule has 5 heterocycles. The van der Waals surface area contributed by atoms with Gasteiger partial charge in [-0.3, -0.25) is 10.1 Å². The lowest BCUT2D eigenvalue weighted by Crippen LogP contribution is -2.45. The molecule has 5 aromatic rings. The number of carboxylic acid groups (broad SMARTS) is 1. The van der Waals surface area contributed by atoms with Gasteiger partial charge in [-0.05, 0) is 49.9 Å². The third kappa shape index (κ3) is 5.11. The van der Waals surface area contributed by atoms with Crippen molar-refractivity contribution in [3.63, 3.8) is 0 Å². The molecule has 1 saturated heterocycles. The van der Waals surface area contributed by atoms with Crippen LogP contribution in [0.25, 0.3) is 43.6 Å². The zero-order valence-corrected chi connectivity index (χ0v) is 24.2. The number of aliphatic carboxylic acids is 1. The first-order valence-electron chi connectivity index (χ1n) is 14.0. The number of fused-ring (bicyclic) bond motifs is 2. The number of aromatic nitrogens is 6. The molecule has 216 valence electrons. The number of carbonyl (C=O) groups excluding carboxylic acids is 1. The van der Waals surface area contributed by atoms with E-state index in [2.05, 4.69) is 40.5 Å². The highest BCUT2D eigenvalue weighted by Gasteiger charge is 2.41. The van der Waals surface area contributed by atoms with Crippen LogP contribution in [0.15, 0.2) is 43.1 Å². The number of carbonyl (C=O) groups is 2. The minimum absolute atomic E-state index is 0.314. The van der Waals surface area contributed by atoms with Crippen molar-refractivity contribution in [1.82, 2.24) is 35.2 Å². The first-order chi connectivity index (χ1) is 20.4. The van der Waals surface area contributed by atoms with Gasteiger partial charge in [-0.25, -0.2) is 29.7 Å². The van der Waals surface area contributed by atoms with Crippen LogP contribution in [0.2, 0.25) is 0 Å². The van der Waals surface area contributed by atoms with Gasteiger partial charge < -0.3 is 20.3 Å². The summed E-state index contributed by atoms with van der Waals surface area (Å²) in [5.74, 6) is -0.124. The molecule has 0 unspecified atom stereocenters. The molecule has 2 amide bonds. The van der Waals surface area contributed by atoms with Crippen LogP contribution < -0.4 is 15.5 Å². The van der Waals surface area contributed by atoms with Crippen LogP contribution in [0.5, 0.6) is 0 Å². The second kappa shape index (κ2) is 11.3. The summed E-state index contributed by atoms with van der Waals surface area (Å²) in [4.78, 5) is 52.4. The molecular formula is C29H31N9O3S. The van der Waals surface area contributed by atoms with Crippen molar-refractivity contribution >= 4 is 55.7 Å². The monoisotopic (exact) mass is 585 g/mol. The van der Waals surface area contributed by atoms with Gasteiger partial charge in [-0.15, -0.1) is 0 Å². The molecule has 0 saturated carbocycles. The lowest BCUT2D eigenvalue weighted by molar-refractivity contribution is -0.150. The molecule has 1 aromatic carbocycles. The summed E-state index contributed by atoms with van der Waals surface area (Å²) in [6.45, 7) is 5.59. The number of hydrogen-bond donors (Lipinski definition) is 4. The Morgan fingerprint density at radius 3 is 2.60 bits per heavy atom. The molecular weight excluding hydrogens is 554 g/mol. The van der Waals surface area contributed by atoms with Crippen LogP contribution in [-0.4, -0.2) is 66.6 Å². The average molecular weight is 586 g/mol. The molecule has 42 heavy (non-hydrogen) atoms. The maximum atomic E-state index is 12.2. The van der Waals surface area contributed by atoms with Crippen molar-refractivity contribution in [3.8, 4) is 22.4 Å². The molecule has 0 radical (unpaired) electrons. The van der Waals surface area contributed by atoms with Gasteiger partial charge in [0.25, 0.3) is 0 Å². The quantitative estimate of drug-likeness (QED) is 0.189. The number of carboxylic acids is 1. The van der Waals surface area contributed by atoms with Gasteiger partial charge in [0.05, 0.1) is 21.3 Å². The maximum absolute atomic E-state index is 12.2. The Balaban J connectivity index is 1.34. The van der Waals surface area contributed by atoms with Gasteiger partial charge >= 0.3 is 12.0 Å². The second-order valence-electron chi connectivity index (χ2n) is 10.4. The van der Waals surface area contributed by atoms with Crippen LogP contribution in [-0.2, 0) is 4.79 Å². The van der Waals surface area contributed by atoms with Crippen molar-refractivity contribution < 1.29 is 14.7 Å². The number of H-pyrrole nitrogens is 1. The summed E-state index contributed by atoms with van der Waals surface area (Å²) >= 11 is 1.38. The van der Waals surface area contributed by atoms with E-state index in [0.717, 1.165) is 44.5 Å². The molecule has 0 bridgehead atoms. The Morgan fingerprint density at radius 1 is 1.10 bits per heavy atom. The number of aromatic amines is 1. The first kappa shape index (κ1) is 27.5. The second-order valence-corrected chi connectivity index (χ2v) is 11.4. The number of benzene rings is 1. The number of nitrogens with one attached hydrogen (secondary N) is 3. The van der Waals surface area contributed by atoms with E-state index in [0.29, 0.717) is 55.5 Å². The number of anilines is 2. The minimum atomic E-state index is -0.710. The Kier molecular flexibility index (Phi) is 7.42. The highest BCUT2D eigenvalue weighted by molar-refractivity contribution is 7.22. The fourth-order valence-electron chi connectivity index (χ4n) is 5.64. The topological polar surface area (TPSA) is 162 Å². The predicted octanol–water partition coefficient (Wildman–Crippen LogP) is 5.30. The number of piperidine rings is 1. The highest BCUT2D eigenvalue weighted by atomic mass is 32.1. The molecule has 0 spiro atoms.